The number of amides is 3. The molecule has 1 aliphatic heterocycles. The van der Waals surface area contributed by atoms with Crippen molar-refractivity contribution in [3.8, 4) is 0 Å². The molecular formula is C18H16N6O2. The molecule has 3 amide bonds. The van der Waals surface area contributed by atoms with Crippen LogP contribution < -0.4 is 10.6 Å². The van der Waals surface area contributed by atoms with Crippen molar-refractivity contribution in [3.63, 3.8) is 0 Å². The Kier molecular flexibility index (Phi) is 3.24. The van der Waals surface area contributed by atoms with Crippen LogP contribution in [-0.4, -0.2) is 38.1 Å². The Labute approximate surface area is 148 Å². The molecule has 3 atom stereocenters. The number of urea groups is 1. The van der Waals surface area contributed by atoms with E-state index in [0.717, 1.165) is 17.6 Å². The first-order chi connectivity index (χ1) is 12.7. The monoisotopic (exact) mass is 348 g/mol. The van der Waals surface area contributed by atoms with Crippen molar-refractivity contribution in [2.75, 3.05) is 6.54 Å². The van der Waals surface area contributed by atoms with Gasteiger partial charge in [-0.1, -0.05) is 0 Å². The number of imidazole rings is 1. The standard InChI is InChI=1S/C18H16N6O2/c25-17-14(9-21-18(26)22-17)15-8-13(16-20-5-6-24(16)23-15)12-7-11(12)10-1-3-19-4-2-10/h1-6,8,11-12,14H,7,9H2,(H2,21,22,25,26)/t11-,12+,14?/m0/s1. The van der Waals surface area contributed by atoms with Crippen LogP contribution in [0.5, 0.6) is 0 Å². The summed E-state index contributed by atoms with van der Waals surface area (Å²) in [5.74, 6) is -0.0663. The zero-order valence-corrected chi connectivity index (χ0v) is 13.8. The lowest BCUT2D eigenvalue weighted by Crippen LogP contribution is -2.51. The van der Waals surface area contributed by atoms with Crippen molar-refractivity contribution in [3.05, 3.63) is 59.8 Å². The van der Waals surface area contributed by atoms with Crippen LogP contribution >= 0.6 is 0 Å². The number of imide groups is 1. The summed E-state index contributed by atoms with van der Waals surface area (Å²) < 4.78 is 1.72. The molecule has 0 spiro atoms. The van der Waals surface area contributed by atoms with Gasteiger partial charge in [0.15, 0.2) is 5.65 Å². The van der Waals surface area contributed by atoms with Gasteiger partial charge < -0.3 is 5.32 Å². The average Bonchev–Trinajstić information content (AvgIpc) is 3.30. The van der Waals surface area contributed by atoms with E-state index in [2.05, 4.69) is 25.7 Å². The zero-order chi connectivity index (χ0) is 17.7. The fraction of sp³-hybridized carbons (Fsp3) is 0.278. The van der Waals surface area contributed by atoms with Crippen LogP contribution in [0.3, 0.4) is 0 Å². The van der Waals surface area contributed by atoms with Gasteiger partial charge in [0.25, 0.3) is 0 Å². The predicted molar refractivity (Wildman–Crippen MR) is 91.6 cm³/mol. The topological polar surface area (TPSA) is 101 Å². The van der Waals surface area contributed by atoms with Gasteiger partial charge in [0.2, 0.25) is 5.91 Å². The maximum absolute atomic E-state index is 12.2. The zero-order valence-electron chi connectivity index (χ0n) is 13.8. The van der Waals surface area contributed by atoms with Gasteiger partial charge in [-0.15, -0.1) is 0 Å². The molecule has 3 aromatic rings. The van der Waals surface area contributed by atoms with Crippen molar-refractivity contribution in [1.82, 2.24) is 30.2 Å². The molecular weight excluding hydrogens is 332 g/mol. The molecule has 2 aliphatic rings. The Bertz CT molecular complexity index is 1010. The highest BCUT2D eigenvalue weighted by molar-refractivity contribution is 6.00. The normalized spacial score (nSPS) is 25.0. The smallest absolute Gasteiger partial charge is 0.321 e. The SMILES string of the molecule is O=C1NCC(c2cc([C@@H]3C[C@H]3c3ccncc3)c3nccn3n2)C(=O)N1. The highest BCUT2D eigenvalue weighted by Crippen LogP contribution is 2.55. The highest BCUT2D eigenvalue weighted by Gasteiger charge is 2.42. The second kappa shape index (κ2) is 5.62. The lowest BCUT2D eigenvalue weighted by Gasteiger charge is -2.22. The van der Waals surface area contributed by atoms with Crippen LogP contribution in [0, 0.1) is 0 Å². The third kappa shape index (κ3) is 2.42. The molecule has 5 rings (SSSR count). The van der Waals surface area contributed by atoms with E-state index in [1.54, 1.807) is 16.9 Å². The molecule has 8 nitrogen and oxygen atoms in total. The first-order valence-corrected chi connectivity index (χ1v) is 8.53. The first kappa shape index (κ1) is 15.0. The van der Waals surface area contributed by atoms with Crippen LogP contribution in [0.15, 0.2) is 43.0 Å². The molecule has 130 valence electrons. The molecule has 1 saturated carbocycles. The minimum atomic E-state index is -0.503. The van der Waals surface area contributed by atoms with E-state index < -0.39 is 11.9 Å². The third-order valence-corrected chi connectivity index (χ3v) is 5.11. The molecule has 0 aromatic carbocycles. The van der Waals surface area contributed by atoms with Crippen molar-refractivity contribution >= 4 is 17.6 Å². The fourth-order valence-corrected chi connectivity index (χ4v) is 3.69. The van der Waals surface area contributed by atoms with Gasteiger partial charge in [-0.25, -0.2) is 14.3 Å². The minimum absolute atomic E-state index is 0.246. The number of aromatic nitrogens is 4. The Morgan fingerprint density at radius 1 is 1.12 bits per heavy atom. The summed E-state index contributed by atoms with van der Waals surface area (Å²) in [6.07, 6.45) is 8.14. The summed E-state index contributed by atoms with van der Waals surface area (Å²) in [5, 5.41) is 9.50. The average molecular weight is 348 g/mol. The van der Waals surface area contributed by atoms with Crippen LogP contribution in [0.1, 0.15) is 41.0 Å². The van der Waals surface area contributed by atoms with Crippen LogP contribution in [0.25, 0.3) is 5.65 Å². The van der Waals surface area contributed by atoms with Gasteiger partial charge in [-0.3, -0.25) is 15.1 Å². The Balaban J connectivity index is 1.53. The van der Waals surface area contributed by atoms with Crippen molar-refractivity contribution in [2.45, 2.75) is 24.2 Å². The molecule has 4 heterocycles. The summed E-state index contributed by atoms with van der Waals surface area (Å²) in [6, 6.07) is 5.59. The Morgan fingerprint density at radius 3 is 2.77 bits per heavy atom. The van der Waals surface area contributed by atoms with E-state index in [-0.39, 0.29) is 12.5 Å². The molecule has 26 heavy (non-hydrogen) atoms. The van der Waals surface area contributed by atoms with E-state index in [1.807, 2.05) is 30.6 Å². The number of nitrogens with zero attached hydrogens (tertiary/aromatic N) is 4. The molecule has 3 aromatic heterocycles. The van der Waals surface area contributed by atoms with E-state index in [4.69, 9.17) is 0 Å². The van der Waals surface area contributed by atoms with E-state index in [1.165, 1.54) is 5.56 Å². The predicted octanol–water partition coefficient (Wildman–Crippen LogP) is 1.32. The number of fused-ring (bicyclic) bond motifs is 1. The number of rotatable bonds is 3. The van der Waals surface area contributed by atoms with E-state index in [0.29, 0.717) is 17.5 Å². The molecule has 1 saturated heterocycles. The number of hydrogen-bond acceptors (Lipinski definition) is 5. The van der Waals surface area contributed by atoms with Gasteiger partial charge in [0.05, 0.1) is 11.6 Å². The molecule has 0 bridgehead atoms. The second-order valence-corrected chi connectivity index (χ2v) is 6.70. The third-order valence-electron chi connectivity index (χ3n) is 5.11. The number of carbonyl (C=O) groups excluding carboxylic acids is 2. The number of pyridine rings is 1. The summed E-state index contributed by atoms with van der Waals surface area (Å²) in [6.45, 7) is 0.246. The van der Waals surface area contributed by atoms with Gasteiger partial charge in [-0.2, -0.15) is 5.10 Å². The lowest BCUT2D eigenvalue weighted by atomic mass is 9.99. The maximum Gasteiger partial charge on any atom is 0.321 e. The lowest BCUT2D eigenvalue weighted by molar-refractivity contribution is -0.122. The van der Waals surface area contributed by atoms with Crippen molar-refractivity contribution in [2.24, 2.45) is 0 Å². The van der Waals surface area contributed by atoms with E-state index >= 15 is 0 Å². The second-order valence-electron chi connectivity index (χ2n) is 6.70. The fourth-order valence-electron chi connectivity index (χ4n) is 3.69. The van der Waals surface area contributed by atoms with Gasteiger partial charge >= 0.3 is 6.03 Å². The van der Waals surface area contributed by atoms with Crippen LogP contribution in [0.2, 0.25) is 0 Å². The van der Waals surface area contributed by atoms with E-state index in [9.17, 15) is 9.59 Å². The number of hydrogen-bond donors (Lipinski definition) is 2. The van der Waals surface area contributed by atoms with Gasteiger partial charge in [0.1, 0.15) is 0 Å². The van der Waals surface area contributed by atoms with Gasteiger partial charge in [0, 0.05) is 36.9 Å². The first-order valence-electron chi connectivity index (χ1n) is 8.53. The number of nitrogens with one attached hydrogen (secondary N) is 2. The molecule has 8 heteroatoms. The molecule has 1 aliphatic carbocycles. The van der Waals surface area contributed by atoms with Crippen LogP contribution in [0.4, 0.5) is 4.79 Å². The number of carbonyl (C=O) groups is 2. The minimum Gasteiger partial charge on any atom is -0.337 e. The Morgan fingerprint density at radius 2 is 1.96 bits per heavy atom. The summed E-state index contributed by atoms with van der Waals surface area (Å²) in [4.78, 5) is 32.1. The molecule has 2 fully saturated rings. The molecule has 2 N–H and O–H groups in total. The quantitative estimate of drug-likeness (QED) is 0.743. The summed E-state index contributed by atoms with van der Waals surface area (Å²) in [5.41, 5.74) is 3.81. The molecule has 0 radical (unpaired) electrons. The Hall–Kier alpha value is -3.29. The van der Waals surface area contributed by atoms with Gasteiger partial charge in [-0.05, 0) is 42.0 Å². The summed E-state index contributed by atoms with van der Waals surface area (Å²) >= 11 is 0. The van der Waals surface area contributed by atoms with Crippen LogP contribution in [-0.2, 0) is 4.79 Å². The van der Waals surface area contributed by atoms with Crippen molar-refractivity contribution in [1.29, 1.82) is 0 Å². The summed E-state index contributed by atoms with van der Waals surface area (Å²) in [7, 11) is 0. The largest absolute Gasteiger partial charge is 0.337 e. The maximum atomic E-state index is 12.2. The molecule has 1 unspecified atom stereocenters. The highest BCUT2D eigenvalue weighted by atomic mass is 16.2. The van der Waals surface area contributed by atoms with Crippen molar-refractivity contribution < 1.29 is 9.59 Å².